The van der Waals surface area contributed by atoms with E-state index in [1.54, 1.807) is 5.56 Å². The lowest BCUT2D eigenvalue weighted by atomic mass is 9.63. The molecule has 1 aromatic rings. The van der Waals surface area contributed by atoms with E-state index in [-0.39, 0.29) is 5.54 Å². The van der Waals surface area contributed by atoms with Crippen LogP contribution in [0.2, 0.25) is 0 Å². The number of fused-ring (bicyclic) bond motifs is 1. The summed E-state index contributed by atoms with van der Waals surface area (Å²) in [6, 6.07) is 9.03. The fraction of sp³-hybridized carbons (Fsp3) is 0.667. The third-order valence-electron chi connectivity index (χ3n) is 4.89. The normalized spacial score (nSPS) is 24.2. The molecular weight excluding hydrogens is 262 g/mol. The van der Waals surface area contributed by atoms with Gasteiger partial charge in [-0.25, -0.2) is 0 Å². The summed E-state index contributed by atoms with van der Waals surface area (Å²) >= 11 is 2.05. The monoisotopic (exact) mass is 289 g/mol. The van der Waals surface area contributed by atoms with Crippen molar-refractivity contribution in [3.63, 3.8) is 0 Å². The fourth-order valence-electron chi connectivity index (χ4n) is 3.50. The second-order valence-corrected chi connectivity index (χ2v) is 8.77. The maximum atomic E-state index is 3.76. The molecule has 20 heavy (non-hydrogen) atoms. The van der Waals surface area contributed by atoms with Crippen molar-refractivity contribution in [2.45, 2.75) is 62.8 Å². The highest BCUT2D eigenvalue weighted by Gasteiger charge is 2.40. The summed E-state index contributed by atoms with van der Waals surface area (Å²) in [4.78, 5) is 1.52. The van der Waals surface area contributed by atoms with E-state index in [4.69, 9.17) is 0 Å². The SMILES string of the molecule is CC(C)(C)NCC1(CC2CSc3ccccc32)CCC1. The van der Waals surface area contributed by atoms with E-state index >= 15 is 0 Å². The molecule has 1 aliphatic heterocycles. The third kappa shape index (κ3) is 3.07. The Balaban J connectivity index is 1.67. The van der Waals surface area contributed by atoms with Gasteiger partial charge in [0.25, 0.3) is 0 Å². The lowest BCUT2D eigenvalue weighted by Crippen LogP contribution is -2.47. The lowest BCUT2D eigenvalue weighted by molar-refractivity contribution is 0.0984. The number of benzene rings is 1. The average Bonchev–Trinajstić information content (AvgIpc) is 2.74. The van der Waals surface area contributed by atoms with Crippen LogP contribution < -0.4 is 5.32 Å². The highest BCUT2D eigenvalue weighted by atomic mass is 32.2. The van der Waals surface area contributed by atoms with Gasteiger partial charge in [0.1, 0.15) is 0 Å². The van der Waals surface area contributed by atoms with Gasteiger partial charge < -0.3 is 5.32 Å². The summed E-state index contributed by atoms with van der Waals surface area (Å²) in [5, 5.41) is 3.76. The minimum Gasteiger partial charge on any atom is -0.312 e. The largest absolute Gasteiger partial charge is 0.312 e. The second kappa shape index (κ2) is 5.38. The number of nitrogens with one attached hydrogen (secondary N) is 1. The molecule has 2 heteroatoms. The number of thioether (sulfide) groups is 1. The van der Waals surface area contributed by atoms with Crippen molar-refractivity contribution in [3.05, 3.63) is 29.8 Å². The molecule has 0 bridgehead atoms. The summed E-state index contributed by atoms with van der Waals surface area (Å²) in [7, 11) is 0. The zero-order chi connectivity index (χ0) is 14.2. The minimum absolute atomic E-state index is 0.241. The Hall–Kier alpha value is -0.470. The third-order valence-corrected chi connectivity index (χ3v) is 6.14. The Bertz CT molecular complexity index is 471. The van der Waals surface area contributed by atoms with Crippen LogP contribution in [0.1, 0.15) is 57.9 Å². The average molecular weight is 289 g/mol. The zero-order valence-electron chi connectivity index (χ0n) is 13.0. The van der Waals surface area contributed by atoms with E-state index in [1.807, 2.05) is 0 Å². The molecule has 0 radical (unpaired) electrons. The molecule has 1 fully saturated rings. The molecule has 1 nitrogen and oxygen atoms in total. The van der Waals surface area contributed by atoms with Crippen LogP contribution in [-0.2, 0) is 0 Å². The van der Waals surface area contributed by atoms with Crippen LogP contribution in [0.5, 0.6) is 0 Å². The quantitative estimate of drug-likeness (QED) is 0.852. The Morgan fingerprint density at radius 1 is 1.25 bits per heavy atom. The van der Waals surface area contributed by atoms with E-state index < -0.39 is 0 Å². The van der Waals surface area contributed by atoms with Gasteiger partial charge >= 0.3 is 0 Å². The predicted octanol–water partition coefficient (Wildman–Crippen LogP) is 4.82. The summed E-state index contributed by atoms with van der Waals surface area (Å²) in [5.74, 6) is 2.06. The molecule has 1 saturated carbocycles. The predicted molar refractivity (Wildman–Crippen MR) is 88.6 cm³/mol. The minimum atomic E-state index is 0.241. The molecule has 1 unspecified atom stereocenters. The molecule has 1 heterocycles. The zero-order valence-corrected chi connectivity index (χ0v) is 13.9. The number of rotatable bonds is 4. The lowest BCUT2D eigenvalue weighted by Gasteiger charge is -2.45. The Labute approximate surface area is 127 Å². The van der Waals surface area contributed by atoms with E-state index in [9.17, 15) is 0 Å². The summed E-state index contributed by atoms with van der Waals surface area (Å²) < 4.78 is 0. The first-order valence-electron chi connectivity index (χ1n) is 7.94. The van der Waals surface area contributed by atoms with Gasteiger partial charge in [-0.05, 0) is 63.0 Å². The maximum absolute atomic E-state index is 3.76. The molecular formula is C18H27NS. The molecule has 0 amide bonds. The van der Waals surface area contributed by atoms with Crippen molar-refractivity contribution in [1.29, 1.82) is 0 Å². The highest BCUT2D eigenvalue weighted by Crippen LogP contribution is 2.51. The van der Waals surface area contributed by atoms with Crippen molar-refractivity contribution in [2.24, 2.45) is 5.41 Å². The smallest absolute Gasteiger partial charge is 0.0107 e. The standard InChI is InChI=1S/C18H27NS/c1-17(2,3)19-13-18(9-6-10-18)11-14-12-20-16-8-5-4-7-15(14)16/h4-5,7-8,14,19H,6,9-13H2,1-3H3. The van der Waals surface area contributed by atoms with E-state index in [1.165, 1.54) is 42.9 Å². The summed E-state index contributed by atoms with van der Waals surface area (Å²) in [5.41, 5.74) is 2.42. The summed E-state index contributed by atoms with van der Waals surface area (Å²) in [6.45, 7) is 8.03. The van der Waals surface area contributed by atoms with Crippen LogP contribution in [0, 0.1) is 5.41 Å². The topological polar surface area (TPSA) is 12.0 Å². The van der Waals surface area contributed by atoms with Gasteiger partial charge in [-0.2, -0.15) is 0 Å². The van der Waals surface area contributed by atoms with Crippen LogP contribution in [-0.4, -0.2) is 17.8 Å². The van der Waals surface area contributed by atoms with Gasteiger partial charge in [-0.15, -0.1) is 11.8 Å². The highest BCUT2D eigenvalue weighted by molar-refractivity contribution is 7.99. The van der Waals surface area contributed by atoms with E-state index in [0.29, 0.717) is 5.41 Å². The first kappa shape index (κ1) is 14.5. The molecule has 0 aromatic heterocycles. The van der Waals surface area contributed by atoms with Crippen LogP contribution >= 0.6 is 11.8 Å². The Morgan fingerprint density at radius 3 is 2.65 bits per heavy atom. The van der Waals surface area contributed by atoms with Crippen LogP contribution in [0.15, 0.2) is 29.2 Å². The number of hydrogen-bond acceptors (Lipinski definition) is 2. The van der Waals surface area contributed by atoms with Crippen LogP contribution in [0.4, 0.5) is 0 Å². The van der Waals surface area contributed by atoms with Gasteiger partial charge in [0.05, 0.1) is 0 Å². The van der Waals surface area contributed by atoms with Crippen LogP contribution in [0.25, 0.3) is 0 Å². The van der Waals surface area contributed by atoms with Gasteiger partial charge in [-0.1, -0.05) is 24.6 Å². The molecule has 1 aromatic carbocycles. The Morgan fingerprint density at radius 2 is 2.00 bits per heavy atom. The van der Waals surface area contributed by atoms with Crippen molar-refractivity contribution in [1.82, 2.24) is 5.32 Å². The molecule has 1 aliphatic carbocycles. The molecule has 110 valence electrons. The molecule has 1 N–H and O–H groups in total. The molecule has 2 aliphatic rings. The van der Waals surface area contributed by atoms with E-state index in [0.717, 1.165) is 5.92 Å². The van der Waals surface area contributed by atoms with Crippen molar-refractivity contribution in [3.8, 4) is 0 Å². The van der Waals surface area contributed by atoms with Crippen molar-refractivity contribution >= 4 is 11.8 Å². The second-order valence-electron chi connectivity index (χ2n) is 7.71. The number of hydrogen-bond donors (Lipinski definition) is 1. The first-order valence-corrected chi connectivity index (χ1v) is 8.93. The van der Waals surface area contributed by atoms with Gasteiger partial charge in [0.15, 0.2) is 0 Å². The van der Waals surface area contributed by atoms with E-state index in [2.05, 4.69) is 62.1 Å². The molecule has 1 atom stereocenters. The van der Waals surface area contributed by atoms with Crippen molar-refractivity contribution < 1.29 is 0 Å². The maximum Gasteiger partial charge on any atom is 0.0107 e. The van der Waals surface area contributed by atoms with Crippen molar-refractivity contribution in [2.75, 3.05) is 12.3 Å². The van der Waals surface area contributed by atoms with Gasteiger partial charge in [0.2, 0.25) is 0 Å². The molecule has 3 rings (SSSR count). The Kier molecular flexibility index (Phi) is 3.89. The van der Waals surface area contributed by atoms with Gasteiger partial charge in [-0.3, -0.25) is 0 Å². The molecule has 0 saturated heterocycles. The first-order chi connectivity index (χ1) is 9.48. The summed E-state index contributed by atoms with van der Waals surface area (Å²) in [6.07, 6.45) is 5.63. The molecule has 0 spiro atoms. The van der Waals surface area contributed by atoms with Gasteiger partial charge in [0, 0.05) is 22.7 Å². The van der Waals surface area contributed by atoms with Crippen LogP contribution in [0.3, 0.4) is 0 Å². The fourth-order valence-corrected chi connectivity index (χ4v) is 4.76.